The number of pyridine rings is 1. The first-order valence-corrected chi connectivity index (χ1v) is 10.9. The zero-order valence-electron chi connectivity index (χ0n) is 18.5. The molecule has 1 aliphatic heterocycles. The maximum Gasteiger partial charge on any atom is 0.410 e. The summed E-state index contributed by atoms with van der Waals surface area (Å²) in [5, 5.41) is 13.2. The quantitative estimate of drug-likeness (QED) is 0.557. The summed E-state index contributed by atoms with van der Waals surface area (Å²) in [5.41, 5.74) is -0.112. The number of amides is 1. The van der Waals surface area contributed by atoms with Crippen molar-refractivity contribution in [1.82, 2.24) is 20.1 Å². The topological polar surface area (TPSA) is 80.2 Å². The number of anilines is 1. The summed E-state index contributed by atoms with van der Waals surface area (Å²) in [6, 6.07) is 5.64. The first-order valence-electron chi connectivity index (χ1n) is 10.5. The smallest absolute Gasteiger partial charge is 0.410 e. The molecule has 3 heterocycles. The van der Waals surface area contributed by atoms with Crippen molar-refractivity contribution in [2.75, 3.05) is 18.4 Å². The van der Waals surface area contributed by atoms with Crippen LogP contribution in [0.2, 0.25) is 5.02 Å². The number of halogens is 3. The van der Waals surface area contributed by atoms with Gasteiger partial charge >= 0.3 is 6.09 Å². The van der Waals surface area contributed by atoms with Gasteiger partial charge in [0, 0.05) is 52.8 Å². The van der Waals surface area contributed by atoms with E-state index in [4.69, 9.17) is 16.3 Å². The number of piperidine rings is 1. The Hall–Kier alpha value is -3.07. The van der Waals surface area contributed by atoms with Crippen molar-refractivity contribution in [3.05, 3.63) is 47.5 Å². The number of benzene rings is 1. The fraction of sp³-hybridized carbons (Fsp3) is 0.391. The number of likely N-dealkylation sites (tertiary alicyclic amines) is 1. The van der Waals surface area contributed by atoms with Crippen LogP contribution in [0.4, 0.5) is 19.4 Å². The average molecular weight is 476 g/mol. The van der Waals surface area contributed by atoms with Crippen LogP contribution in [-0.4, -0.2) is 57.1 Å². The number of nitrogens with one attached hydrogen (secondary N) is 1. The molecule has 3 aromatic rings. The van der Waals surface area contributed by atoms with E-state index in [1.165, 1.54) is 17.0 Å². The minimum Gasteiger partial charge on any atom is -0.444 e. The van der Waals surface area contributed by atoms with E-state index in [0.29, 0.717) is 22.3 Å². The van der Waals surface area contributed by atoms with Crippen LogP contribution in [0, 0.1) is 5.82 Å². The Balaban J connectivity index is 1.62. The molecular weight excluding hydrogens is 452 g/mol. The molecule has 1 fully saturated rings. The lowest BCUT2D eigenvalue weighted by Gasteiger charge is -2.36. The summed E-state index contributed by atoms with van der Waals surface area (Å²) in [4.78, 5) is 18.0. The molecule has 0 saturated carbocycles. The Morgan fingerprint density at radius 3 is 2.73 bits per heavy atom. The van der Waals surface area contributed by atoms with Crippen molar-refractivity contribution in [2.45, 2.75) is 45.0 Å². The molecule has 0 aliphatic carbocycles. The normalized spacial score (nSPS) is 18.9. The number of fused-ring (bicyclic) bond motifs is 1. The molecule has 2 atom stereocenters. The molecule has 0 radical (unpaired) electrons. The first-order chi connectivity index (χ1) is 15.6. The third kappa shape index (κ3) is 5.30. The number of alkyl halides is 1. The number of hydrogen-bond donors (Lipinski definition) is 1. The predicted octanol–water partition coefficient (Wildman–Crippen LogP) is 5.24. The fourth-order valence-electron chi connectivity index (χ4n) is 3.80. The van der Waals surface area contributed by atoms with E-state index < -0.39 is 29.7 Å². The molecule has 33 heavy (non-hydrogen) atoms. The molecule has 2 aromatic heterocycles. The van der Waals surface area contributed by atoms with Crippen LogP contribution < -0.4 is 5.32 Å². The molecule has 1 saturated heterocycles. The third-order valence-electron chi connectivity index (χ3n) is 5.16. The summed E-state index contributed by atoms with van der Waals surface area (Å²) in [6.07, 6.45) is 1.58. The van der Waals surface area contributed by atoms with E-state index in [-0.39, 0.29) is 30.1 Å². The summed E-state index contributed by atoms with van der Waals surface area (Å²) in [5.74, 6) is -0.128. The molecular formula is C23H24ClF2N5O2. The largest absolute Gasteiger partial charge is 0.444 e. The SMILES string of the molecule is CC(C)(C)OC(=O)N1C[C@H](F)C[C@@H](Nc2nnc(-c3ccc(Cl)cc3F)c3cnccc23)C1. The van der Waals surface area contributed by atoms with Gasteiger partial charge in [0.15, 0.2) is 5.82 Å². The highest BCUT2D eigenvalue weighted by molar-refractivity contribution is 6.30. The Bertz CT molecular complexity index is 1190. The van der Waals surface area contributed by atoms with E-state index >= 15 is 0 Å². The van der Waals surface area contributed by atoms with Crippen LogP contribution in [0.25, 0.3) is 22.0 Å². The lowest BCUT2D eigenvalue weighted by atomic mass is 10.0. The van der Waals surface area contributed by atoms with Gasteiger partial charge in [0.05, 0.1) is 6.54 Å². The van der Waals surface area contributed by atoms with Crippen molar-refractivity contribution in [1.29, 1.82) is 0 Å². The molecule has 1 aliphatic rings. The lowest BCUT2D eigenvalue weighted by molar-refractivity contribution is 0.0124. The standard InChI is InChI=1S/C23H24ClF2N5O2/c1-23(2,3)33-22(32)31-11-14(25)9-15(12-31)28-21-16-6-7-27-10-18(16)20(29-30-21)17-5-4-13(24)8-19(17)26/h4-8,10,14-15H,9,11-12H2,1-3H3,(H,28,30)/t14-,15-/m1/s1. The van der Waals surface area contributed by atoms with Crippen molar-refractivity contribution < 1.29 is 18.3 Å². The van der Waals surface area contributed by atoms with Gasteiger partial charge in [0.1, 0.15) is 23.3 Å². The molecule has 1 amide bonds. The van der Waals surface area contributed by atoms with E-state index in [1.807, 2.05) is 0 Å². The highest BCUT2D eigenvalue weighted by atomic mass is 35.5. The van der Waals surface area contributed by atoms with Crippen molar-refractivity contribution in [2.24, 2.45) is 0 Å². The molecule has 1 aromatic carbocycles. The van der Waals surface area contributed by atoms with Crippen LogP contribution in [-0.2, 0) is 4.74 Å². The number of hydrogen-bond acceptors (Lipinski definition) is 6. The van der Waals surface area contributed by atoms with Crippen LogP contribution >= 0.6 is 11.6 Å². The Labute approximate surface area is 195 Å². The molecule has 10 heteroatoms. The highest BCUT2D eigenvalue weighted by Gasteiger charge is 2.33. The highest BCUT2D eigenvalue weighted by Crippen LogP contribution is 2.32. The van der Waals surface area contributed by atoms with Gasteiger partial charge in [-0.25, -0.2) is 13.6 Å². The molecule has 0 bridgehead atoms. The second-order valence-electron chi connectivity index (χ2n) is 9.00. The Morgan fingerprint density at radius 2 is 2.00 bits per heavy atom. The second kappa shape index (κ2) is 9.05. The van der Waals surface area contributed by atoms with Gasteiger partial charge in [-0.05, 0) is 45.0 Å². The zero-order valence-corrected chi connectivity index (χ0v) is 19.2. The van der Waals surface area contributed by atoms with Crippen LogP contribution in [0.1, 0.15) is 27.2 Å². The molecule has 4 rings (SSSR count). The third-order valence-corrected chi connectivity index (χ3v) is 5.39. The van der Waals surface area contributed by atoms with E-state index in [0.717, 1.165) is 0 Å². The van der Waals surface area contributed by atoms with E-state index in [9.17, 15) is 13.6 Å². The van der Waals surface area contributed by atoms with Gasteiger partial charge < -0.3 is 15.0 Å². The number of nitrogens with zero attached hydrogens (tertiary/aromatic N) is 4. The van der Waals surface area contributed by atoms with Gasteiger partial charge in [-0.15, -0.1) is 10.2 Å². The van der Waals surface area contributed by atoms with Crippen molar-refractivity contribution in [3.63, 3.8) is 0 Å². The Morgan fingerprint density at radius 1 is 1.21 bits per heavy atom. The number of rotatable bonds is 3. The number of carbonyl (C=O) groups excluding carboxylic acids is 1. The molecule has 174 valence electrons. The number of aromatic nitrogens is 3. The summed E-state index contributed by atoms with van der Waals surface area (Å²) in [6.45, 7) is 5.50. The van der Waals surface area contributed by atoms with Gasteiger partial charge in [0.25, 0.3) is 0 Å². The van der Waals surface area contributed by atoms with Gasteiger partial charge in [-0.1, -0.05) is 11.6 Å². The predicted molar refractivity (Wildman–Crippen MR) is 122 cm³/mol. The maximum absolute atomic E-state index is 14.5. The van der Waals surface area contributed by atoms with Crippen molar-refractivity contribution in [3.8, 4) is 11.3 Å². The first kappa shape index (κ1) is 23.1. The number of ether oxygens (including phenoxy) is 1. The van der Waals surface area contributed by atoms with Crippen LogP contribution in [0.5, 0.6) is 0 Å². The molecule has 0 unspecified atom stereocenters. The zero-order chi connectivity index (χ0) is 23.8. The van der Waals surface area contributed by atoms with E-state index in [2.05, 4.69) is 20.5 Å². The van der Waals surface area contributed by atoms with Gasteiger partial charge in [0.2, 0.25) is 0 Å². The Kier molecular flexibility index (Phi) is 6.34. The molecule has 7 nitrogen and oxygen atoms in total. The summed E-state index contributed by atoms with van der Waals surface area (Å²) < 4.78 is 34.4. The fourth-order valence-corrected chi connectivity index (χ4v) is 3.95. The van der Waals surface area contributed by atoms with Crippen molar-refractivity contribution >= 4 is 34.3 Å². The lowest BCUT2D eigenvalue weighted by Crippen LogP contribution is -2.51. The molecule has 0 spiro atoms. The maximum atomic E-state index is 14.5. The summed E-state index contributed by atoms with van der Waals surface area (Å²) >= 11 is 5.87. The van der Waals surface area contributed by atoms with Gasteiger partial charge in [-0.3, -0.25) is 4.98 Å². The van der Waals surface area contributed by atoms with Gasteiger partial charge in [-0.2, -0.15) is 0 Å². The van der Waals surface area contributed by atoms with Crippen LogP contribution in [0.15, 0.2) is 36.7 Å². The monoisotopic (exact) mass is 475 g/mol. The molecule has 1 N–H and O–H groups in total. The van der Waals surface area contributed by atoms with Crippen LogP contribution in [0.3, 0.4) is 0 Å². The summed E-state index contributed by atoms with van der Waals surface area (Å²) in [7, 11) is 0. The minimum absolute atomic E-state index is 0.0295. The second-order valence-corrected chi connectivity index (χ2v) is 9.44. The number of carbonyl (C=O) groups is 1. The minimum atomic E-state index is -1.22. The average Bonchev–Trinajstić information content (AvgIpc) is 2.73. The van der Waals surface area contributed by atoms with E-state index in [1.54, 1.807) is 45.3 Å².